The van der Waals surface area contributed by atoms with E-state index in [1.165, 1.54) is 0 Å². The molecule has 2 atom stereocenters. The zero-order chi connectivity index (χ0) is 11.2. The van der Waals surface area contributed by atoms with Crippen LogP contribution in [0.4, 0.5) is 5.82 Å². The van der Waals surface area contributed by atoms with E-state index >= 15 is 0 Å². The summed E-state index contributed by atoms with van der Waals surface area (Å²) in [6, 6.07) is 8.75. The molecular formula is C13H14N4. The average Bonchev–Trinajstić information content (AvgIpc) is 2.83. The van der Waals surface area contributed by atoms with Crippen LogP contribution in [-0.4, -0.2) is 29.1 Å². The number of hydrogen-bond acceptors (Lipinski definition) is 4. The summed E-state index contributed by atoms with van der Waals surface area (Å²) >= 11 is 0. The first kappa shape index (κ1) is 9.36. The van der Waals surface area contributed by atoms with Crippen molar-refractivity contribution in [2.75, 3.05) is 18.4 Å². The Hall–Kier alpha value is -1.68. The molecule has 2 aromatic rings. The van der Waals surface area contributed by atoms with Crippen LogP contribution >= 0.6 is 0 Å². The molecule has 0 bridgehead atoms. The Morgan fingerprint density at radius 1 is 1.12 bits per heavy atom. The fraction of sp³-hybridized carbons (Fsp3) is 0.385. The standard InChI is InChI=1S/C13H14N4/c1-2-4-11-8(3-1)13(16-7-15-11)17-12-9-5-14-6-10(9)12/h1-4,7,9-10,12,14H,5-6H2,(H,15,16,17). The van der Waals surface area contributed by atoms with Gasteiger partial charge in [-0.1, -0.05) is 12.1 Å². The summed E-state index contributed by atoms with van der Waals surface area (Å²) in [6.07, 6.45) is 1.64. The van der Waals surface area contributed by atoms with Crippen molar-refractivity contribution >= 4 is 16.7 Å². The van der Waals surface area contributed by atoms with E-state index in [-0.39, 0.29) is 0 Å². The van der Waals surface area contributed by atoms with Gasteiger partial charge in [0.2, 0.25) is 0 Å². The SMILES string of the molecule is c1ccc2c(NC3C4CNCC43)ncnc2c1. The first-order valence-corrected chi connectivity index (χ1v) is 6.10. The van der Waals surface area contributed by atoms with E-state index in [1.807, 2.05) is 18.2 Å². The minimum Gasteiger partial charge on any atom is -0.366 e. The van der Waals surface area contributed by atoms with Crippen LogP contribution in [0.15, 0.2) is 30.6 Å². The molecule has 2 fully saturated rings. The molecule has 0 radical (unpaired) electrons. The van der Waals surface area contributed by atoms with Crippen LogP contribution in [0.1, 0.15) is 0 Å². The molecule has 0 spiro atoms. The van der Waals surface area contributed by atoms with Crippen LogP contribution in [0.5, 0.6) is 0 Å². The molecule has 1 aliphatic heterocycles. The fourth-order valence-electron chi connectivity index (χ4n) is 2.91. The summed E-state index contributed by atoms with van der Waals surface area (Å²) in [4.78, 5) is 8.65. The molecule has 17 heavy (non-hydrogen) atoms. The number of rotatable bonds is 2. The van der Waals surface area contributed by atoms with Gasteiger partial charge in [0.25, 0.3) is 0 Å². The summed E-state index contributed by atoms with van der Waals surface area (Å²) in [5.74, 6) is 2.57. The van der Waals surface area contributed by atoms with Gasteiger partial charge in [-0.05, 0) is 24.0 Å². The molecule has 4 heteroatoms. The summed E-state index contributed by atoms with van der Waals surface area (Å²) in [5.41, 5.74) is 1.01. The number of anilines is 1. The van der Waals surface area contributed by atoms with Crippen LogP contribution in [0.3, 0.4) is 0 Å². The van der Waals surface area contributed by atoms with Crippen LogP contribution in [0, 0.1) is 11.8 Å². The van der Waals surface area contributed by atoms with E-state index in [9.17, 15) is 0 Å². The number of aromatic nitrogens is 2. The van der Waals surface area contributed by atoms with Gasteiger partial charge >= 0.3 is 0 Å². The summed E-state index contributed by atoms with van der Waals surface area (Å²) in [5, 5.41) is 8.09. The predicted octanol–water partition coefficient (Wildman–Crippen LogP) is 1.26. The van der Waals surface area contributed by atoms with E-state index in [1.54, 1.807) is 6.33 Å². The molecule has 0 amide bonds. The van der Waals surface area contributed by atoms with Crippen LogP contribution in [-0.2, 0) is 0 Å². The van der Waals surface area contributed by atoms with Gasteiger partial charge < -0.3 is 10.6 Å². The Kier molecular flexibility index (Phi) is 1.87. The molecule has 2 heterocycles. The zero-order valence-corrected chi connectivity index (χ0v) is 9.43. The number of para-hydroxylation sites is 1. The van der Waals surface area contributed by atoms with Crippen LogP contribution in [0.25, 0.3) is 10.9 Å². The van der Waals surface area contributed by atoms with Crippen molar-refractivity contribution in [2.45, 2.75) is 6.04 Å². The van der Waals surface area contributed by atoms with Gasteiger partial charge in [0, 0.05) is 24.5 Å². The molecule has 1 aromatic carbocycles. The van der Waals surface area contributed by atoms with Crippen molar-refractivity contribution in [1.82, 2.24) is 15.3 Å². The van der Waals surface area contributed by atoms with Gasteiger partial charge in [0.05, 0.1) is 5.52 Å². The summed E-state index contributed by atoms with van der Waals surface area (Å²) in [7, 11) is 0. The number of nitrogens with one attached hydrogen (secondary N) is 2. The fourth-order valence-corrected chi connectivity index (χ4v) is 2.91. The first-order valence-electron chi connectivity index (χ1n) is 6.10. The maximum atomic E-state index is 4.37. The largest absolute Gasteiger partial charge is 0.366 e. The molecule has 1 saturated carbocycles. The summed E-state index contributed by atoms with van der Waals surface area (Å²) in [6.45, 7) is 2.29. The molecular weight excluding hydrogens is 212 g/mol. The quantitative estimate of drug-likeness (QED) is 0.809. The number of benzene rings is 1. The number of nitrogens with zero attached hydrogens (tertiary/aromatic N) is 2. The zero-order valence-electron chi connectivity index (χ0n) is 9.43. The Morgan fingerprint density at radius 2 is 1.94 bits per heavy atom. The molecule has 1 aromatic heterocycles. The molecule has 86 valence electrons. The van der Waals surface area contributed by atoms with E-state index in [0.29, 0.717) is 6.04 Å². The highest BCUT2D eigenvalue weighted by Crippen LogP contribution is 2.43. The van der Waals surface area contributed by atoms with Gasteiger partial charge in [-0.2, -0.15) is 0 Å². The first-order chi connectivity index (χ1) is 8.43. The Bertz CT molecular complexity index is 553. The highest BCUT2D eigenvalue weighted by atomic mass is 15.1. The lowest BCUT2D eigenvalue weighted by Gasteiger charge is -2.10. The molecule has 2 unspecified atom stereocenters. The van der Waals surface area contributed by atoms with Gasteiger partial charge in [0.15, 0.2) is 0 Å². The lowest BCUT2D eigenvalue weighted by atomic mass is 10.2. The Balaban J connectivity index is 1.67. The van der Waals surface area contributed by atoms with Gasteiger partial charge in [0.1, 0.15) is 12.1 Å². The van der Waals surface area contributed by atoms with Crippen LogP contribution < -0.4 is 10.6 Å². The summed E-state index contributed by atoms with van der Waals surface area (Å²) < 4.78 is 0. The third kappa shape index (κ3) is 1.41. The third-order valence-corrected chi connectivity index (χ3v) is 3.94. The second kappa shape index (κ2) is 3.40. The van der Waals surface area contributed by atoms with E-state index in [4.69, 9.17) is 0 Å². The third-order valence-electron chi connectivity index (χ3n) is 3.94. The van der Waals surface area contributed by atoms with Crippen molar-refractivity contribution in [1.29, 1.82) is 0 Å². The monoisotopic (exact) mass is 226 g/mol. The minimum absolute atomic E-state index is 0.606. The van der Waals surface area contributed by atoms with Crippen molar-refractivity contribution < 1.29 is 0 Å². The van der Waals surface area contributed by atoms with Gasteiger partial charge in [-0.3, -0.25) is 0 Å². The highest BCUT2D eigenvalue weighted by molar-refractivity contribution is 5.88. The Labute approximate surface area is 99.5 Å². The highest BCUT2D eigenvalue weighted by Gasteiger charge is 2.53. The van der Waals surface area contributed by atoms with E-state index in [2.05, 4.69) is 26.7 Å². The lowest BCUT2D eigenvalue weighted by Crippen LogP contribution is -2.21. The normalized spacial score (nSPS) is 30.2. The van der Waals surface area contributed by atoms with Crippen molar-refractivity contribution in [3.8, 4) is 0 Å². The topological polar surface area (TPSA) is 49.8 Å². The second-order valence-electron chi connectivity index (χ2n) is 4.90. The maximum absolute atomic E-state index is 4.37. The lowest BCUT2D eigenvalue weighted by molar-refractivity contribution is 0.696. The van der Waals surface area contributed by atoms with Gasteiger partial charge in [-0.15, -0.1) is 0 Å². The molecule has 4 nitrogen and oxygen atoms in total. The smallest absolute Gasteiger partial charge is 0.137 e. The molecule has 1 aliphatic carbocycles. The molecule has 2 N–H and O–H groups in total. The van der Waals surface area contributed by atoms with E-state index < -0.39 is 0 Å². The van der Waals surface area contributed by atoms with Gasteiger partial charge in [-0.25, -0.2) is 9.97 Å². The maximum Gasteiger partial charge on any atom is 0.137 e. The number of fused-ring (bicyclic) bond motifs is 2. The molecule has 4 rings (SSSR count). The van der Waals surface area contributed by atoms with Crippen molar-refractivity contribution in [2.24, 2.45) is 11.8 Å². The van der Waals surface area contributed by atoms with E-state index in [0.717, 1.165) is 41.6 Å². The van der Waals surface area contributed by atoms with Crippen LogP contribution in [0.2, 0.25) is 0 Å². The Morgan fingerprint density at radius 3 is 2.82 bits per heavy atom. The van der Waals surface area contributed by atoms with Crippen molar-refractivity contribution in [3.63, 3.8) is 0 Å². The second-order valence-corrected chi connectivity index (χ2v) is 4.90. The number of piperidine rings is 1. The van der Waals surface area contributed by atoms with Crippen molar-refractivity contribution in [3.05, 3.63) is 30.6 Å². The molecule has 1 saturated heterocycles. The predicted molar refractivity (Wildman–Crippen MR) is 66.8 cm³/mol. The molecule has 2 aliphatic rings. The minimum atomic E-state index is 0.606. The number of hydrogen-bond donors (Lipinski definition) is 2. The average molecular weight is 226 g/mol.